The molecule has 0 saturated carbocycles. The number of rotatable bonds is 5. The van der Waals surface area contributed by atoms with Gasteiger partial charge in [-0.15, -0.1) is 0 Å². The summed E-state index contributed by atoms with van der Waals surface area (Å²) >= 11 is 0. The first kappa shape index (κ1) is 13.7. The van der Waals surface area contributed by atoms with Gasteiger partial charge in [-0.05, 0) is 31.5 Å². The maximum Gasteiger partial charge on any atom is 0.208 e. The minimum atomic E-state index is -0.757. The Kier molecular flexibility index (Phi) is 4.29. The molecule has 2 rings (SSSR count). The summed E-state index contributed by atoms with van der Waals surface area (Å²) in [5, 5.41) is 12.9. The van der Waals surface area contributed by atoms with Gasteiger partial charge in [-0.2, -0.15) is 0 Å². The van der Waals surface area contributed by atoms with Gasteiger partial charge >= 0.3 is 0 Å². The van der Waals surface area contributed by atoms with Crippen molar-refractivity contribution in [2.75, 3.05) is 6.54 Å². The molecule has 102 valence electrons. The third-order valence-corrected chi connectivity index (χ3v) is 2.92. The highest BCUT2D eigenvalue weighted by atomic mass is 19.1. The van der Waals surface area contributed by atoms with Crippen molar-refractivity contribution in [1.82, 2.24) is 10.3 Å². The van der Waals surface area contributed by atoms with Crippen molar-refractivity contribution in [3.63, 3.8) is 0 Å². The minimum Gasteiger partial charge on any atom is -0.444 e. The van der Waals surface area contributed by atoms with Gasteiger partial charge in [-0.25, -0.2) is 9.37 Å². The predicted octanol–water partition coefficient (Wildman–Crippen LogP) is 2.25. The maximum atomic E-state index is 13.0. The number of aryl methyl sites for hydroxylation is 2. The van der Waals surface area contributed by atoms with E-state index >= 15 is 0 Å². The van der Waals surface area contributed by atoms with Crippen LogP contribution in [0.3, 0.4) is 0 Å². The second-order valence-corrected chi connectivity index (χ2v) is 4.45. The fourth-order valence-electron chi connectivity index (χ4n) is 1.76. The van der Waals surface area contributed by atoms with Crippen LogP contribution in [0.2, 0.25) is 0 Å². The SMILES string of the molecule is Cc1nc(CNCC(O)c2cccc(F)c2)oc1C. The van der Waals surface area contributed by atoms with Crippen LogP contribution in [0, 0.1) is 19.7 Å². The monoisotopic (exact) mass is 264 g/mol. The molecule has 0 amide bonds. The molecule has 0 spiro atoms. The molecule has 19 heavy (non-hydrogen) atoms. The third-order valence-electron chi connectivity index (χ3n) is 2.92. The number of nitrogens with zero attached hydrogens (tertiary/aromatic N) is 1. The third kappa shape index (κ3) is 3.62. The summed E-state index contributed by atoms with van der Waals surface area (Å²) in [7, 11) is 0. The standard InChI is InChI=1S/C14H17FN2O2/c1-9-10(2)19-14(17-9)8-16-7-13(18)11-4-3-5-12(15)6-11/h3-6,13,16,18H,7-8H2,1-2H3. The van der Waals surface area contributed by atoms with E-state index in [1.54, 1.807) is 12.1 Å². The Morgan fingerprint density at radius 2 is 2.21 bits per heavy atom. The fourth-order valence-corrected chi connectivity index (χ4v) is 1.76. The molecule has 0 fully saturated rings. The van der Waals surface area contributed by atoms with Crippen LogP contribution in [-0.4, -0.2) is 16.6 Å². The zero-order valence-corrected chi connectivity index (χ0v) is 11.0. The molecule has 1 aromatic carbocycles. The first-order valence-electron chi connectivity index (χ1n) is 6.13. The van der Waals surface area contributed by atoms with Crippen LogP contribution in [0.25, 0.3) is 0 Å². The van der Waals surface area contributed by atoms with Gasteiger partial charge in [0.05, 0.1) is 18.3 Å². The highest BCUT2D eigenvalue weighted by molar-refractivity contribution is 5.19. The molecule has 5 heteroatoms. The quantitative estimate of drug-likeness (QED) is 0.869. The lowest BCUT2D eigenvalue weighted by atomic mass is 10.1. The van der Waals surface area contributed by atoms with E-state index in [1.165, 1.54) is 12.1 Å². The van der Waals surface area contributed by atoms with E-state index in [0.29, 0.717) is 24.5 Å². The van der Waals surface area contributed by atoms with Gasteiger partial charge in [-0.3, -0.25) is 0 Å². The van der Waals surface area contributed by atoms with E-state index < -0.39 is 6.10 Å². The molecule has 2 N–H and O–H groups in total. The molecular formula is C14H17FN2O2. The van der Waals surface area contributed by atoms with E-state index in [0.717, 1.165) is 11.5 Å². The normalized spacial score (nSPS) is 12.6. The van der Waals surface area contributed by atoms with Gasteiger partial charge < -0.3 is 14.8 Å². The Bertz CT molecular complexity index is 535. The highest BCUT2D eigenvalue weighted by Gasteiger charge is 2.09. The van der Waals surface area contributed by atoms with Crippen LogP contribution in [0.5, 0.6) is 0 Å². The van der Waals surface area contributed by atoms with Crippen molar-refractivity contribution in [1.29, 1.82) is 0 Å². The Morgan fingerprint density at radius 1 is 1.42 bits per heavy atom. The average molecular weight is 264 g/mol. The summed E-state index contributed by atoms with van der Waals surface area (Å²) in [6, 6.07) is 5.94. The summed E-state index contributed by atoms with van der Waals surface area (Å²) in [4.78, 5) is 4.22. The fraction of sp³-hybridized carbons (Fsp3) is 0.357. The van der Waals surface area contributed by atoms with Gasteiger partial charge in [0.15, 0.2) is 0 Å². The number of nitrogens with one attached hydrogen (secondary N) is 1. The molecule has 0 aliphatic heterocycles. The topological polar surface area (TPSA) is 58.3 Å². The first-order chi connectivity index (χ1) is 9.06. The molecule has 1 aromatic heterocycles. The van der Waals surface area contributed by atoms with Crippen molar-refractivity contribution in [2.24, 2.45) is 0 Å². The molecule has 1 unspecified atom stereocenters. The number of aliphatic hydroxyl groups excluding tert-OH is 1. The number of aromatic nitrogens is 1. The molecule has 0 aliphatic carbocycles. The molecule has 1 heterocycles. The van der Waals surface area contributed by atoms with E-state index in [9.17, 15) is 9.50 Å². The number of hydrogen-bond donors (Lipinski definition) is 2. The van der Waals surface area contributed by atoms with Crippen LogP contribution in [0.1, 0.15) is 29.0 Å². The molecular weight excluding hydrogens is 247 g/mol. The smallest absolute Gasteiger partial charge is 0.208 e. The number of aliphatic hydroxyl groups is 1. The minimum absolute atomic E-state index is 0.309. The largest absolute Gasteiger partial charge is 0.444 e. The van der Waals surface area contributed by atoms with Crippen LogP contribution in [0.4, 0.5) is 4.39 Å². The predicted molar refractivity (Wildman–Crippen MR) is 69.0 cm³/mol. The molecule has 1 atom stereocenters. The Balaban J connectivity index is 1.85. The second kappa shape index (κ2) is 5.95. The number of halogens is 1. The van der Waals surface area contributed by atoms with Crippen molar-refractivity contribution in [2.45, 2.75) is 26.5 Å². The molecule has 0 bridgehead atoms. The van der Waals surface area contributed by atoms with Crippen molar-refractivity contribution in [3.05, 3.63) is 53.0 Å². The van der Waals surface area contributed by atoms with Gasteiger partial charge in [0, 0.05) is 6.54 Å². The number of oxazole rings is 1. The van der Waals surface area contributed by atoms with E-state index in [-0.39, 0.29) is 5.82 Å². The van der Waals surface area contributed by atoms with Crippen LogP contribution >= 0.6 is 0 Å². The summed E-state index contributed by atoms with van der Waals surface area (Å²) in [5.74, 6) is 1.03. The zero-order chi connectivity index (χ0) is 13.8. The Labute approximate surface area is 111 Å². The van der Waals surface area contributed by atoms with Crippen LogP contribution < -0.4 is 5.32 Å². The lowest BCUT2D eigenvalue weighted by Gasteiger charge is -2.11. The summed E-state index contributed by atoms with van der Waals surface area (Å²) < 4.78 is 18.4. The van der Waals surface area contributed by atoms with Crippen molar-refractivity contribution >= 4 is 0 Å². The summed E-state index contributed by atoms with van der Waals surface area (Å²) in [6.45, 7) is 4.47. The second-order valence-electron chi connectivity index (χ2n) is 4.45. The molecule has 0 saturated heterocycles. The van der Waals surface area contributed by atoms with Gasteiger partial charge in [0.1, 0.15) is 11.6 Å². The number of benzene rings is 1. The van der Waals surface area contributed by atoms with Crippen LogP contribution in [-0.2, 0) is 6.54 Å². The Hall–Kier alpha value is -1.72. The molecule has 2 aromatic rings. The lowest BCUT2D eigenvalue weighted by molar-refractivity contribution is 0.172. The molecule has 4 nitrogen and oxygen atoms in total. The van der Waals surface area contributed by atoms with E-state index in [2.05, 4.69) is 10.3 Å². The number of hydrogen-bond acceptors (Lipinski definition) is 4. The molecule has 0 aliphatic rings. The van der Waals surface area contributed by atoms with Crippen LogP contribution in [0.15, 0.2) is 28.7 Å². The zero-order valence-electron chi connectivity index (χ0n) is 11.0. The first-order valence-corrected chi connectivity index (χ1v) is 6.13. The van der Waals surface area contributed by atoms with Gasteiger partial charge in [-0.1, -0.05) is 12.1 Å². The van der Waals surface area contributed by atoms with Crippen molar-refractivity contribution < 1.29 is 13.9 Å². The molecule has 0 radical (unpaired) electrons. The van der Waals surface area contributed by atoms with Gasteiger partial charge in [0.2, 0.25) is 5.89 Å². The van der Waals surface area contributed by atoms with E-state index in [4.69, 9.17) is 4.42 Å². The van der Waals surface area contributed by atoms with Gasteiger partial charge in [0.25, 0.3) is 0 Å². The maximum absolute atomic E-state index is 13.0. The average Bonchev–Trinajstić information content (AvgIpc) is 2.68. The Morgan fingerprint density at radius 3 is 2.84 bits per heavy atom. The highest BCUT2D eigenvalue weighted by Crippen LogP contribution is 2.13. The van der Waals surface area contributed by atoms with E-state index in [1.807, 2.05) is 13.8 Å². The summed E-state index contributed by atoms with van der Waals surface area (Å²) in [6.07, 6.45) is -0.757. The van der Waals surface area contributed by atoms with Crippen molar-refractivity contribution in [3.8, 4) is 0 Å². The lowest BCUT2D eigenvalue weighted by Crippen LogP contribution is -2.21. The summed E-state index contributed by atoms with van der Waals surface area (Å²) in [5.41, 5.74) is 1.41.